The number of hydrogen-bond donors (Lipinski definition) is 1. The SMILES string of the molecule is CC(C)(C)c1noc(-c2ccnc(-n3cnc(C(=O)NC4CCCC4)c3)c2)n1. The number of carbonyl (C=O) groups is 1. The summed E-state index contributed by atoms with van der Waals surface area (Å²) in [6.45, 7) is 6.09. The molecule has 0 spiro atoms. The van der Waals surface area contributed by atoms with Gasteiger partial charge in [-0.3, -0.25) is 9.36 Å². The van der Waals surface area contributed by atoms with Crippen LogP contribution in [-0.2, 0) is 5.41 Å². The van der Waals surface area contributed by atoms with Crippen LogP contribution in [0.3, 0.4) is 0 Å². The zero-order valence-corrected chi connectivity index (χ0v) is 16.3. The lowest BCUT2D eigenvalue weighted by Gasteiger charge is -2.10. The van der Waals surface area contributed by atoms with Crippen LogP contribution in [0.15, 0.2) is 35.4 Å². The molecule has 8 nitrogen and oxygen atoms in total. The Kier molecular flexibility index (Phi) is 4.70. The number of nitrogens with one attached hydrogen (secondary N) is 1. The van der Waals surface area contributed by atoms with E-state index in [0.717, 1.165) is 18.4 Å². The fourth-order valence-corrected chi connectivity index (χ4v) is 3.23. The van der Waals surface area contributed by atoms with Crippen LogP contribution < -0.4 is 5.32 Å². The maximum Gasteiger partial charge on any atom is 0.271 e. The van der Waals surface area contributed by atoms with Crippen molar-refractivity contribution in [3.05, 3.63) is 42.4 Å². The topological polar surface area (TPSA) is 98.7 Å². The number of nitrogens with zero attached hydrogens (tertiary/aromatic N) is 5. The highest BCUT2D eigenvalue weighted by atomic mass is 16.5. The van der Waals surface area contributed by atoms with Crippen molar-refractivity contribution in [1.82, 2.24) is 30.0 Å². The first kappa shape index (κ1) is 18.3. The van der Waals surface area contributed by atoms with Crippen molar-refractivity contribution in [2.75, 3.05) is 0 Å². The van der Waals surface area contributed by atoms with E-state index < -0.39 is 0 Å². The lowest BCUT2D eigenvalue weighted by molar-refractivity contribution is 0.0933. The zero-order valence-electron chi connectivity index (χ0n) is 16.3. The molecule has 1 fully saturated rings. The van der Waals surface area contributed by atoms with Gasteiger partial charge in [0.15, 0.2) is 5.82 Å². The number of rotatable bonds is 4. The molecular weight excluding hydrogens is 356 g/mol. The zero-order chi connectivity index (χ0) is 19.7. The summed E-state index contributed by atoms with van der Waals surface area (Å²) in [6, 6.07) is 3.91. The minimum atomic E-state index is -0.191. The second-order valence-electron chi connectivity index (χ2n) is 8.20. The Labute approximate surface area is 163 Å². The lowest BCUT2D eigenvalue weighted by Crippen LogP contribution is -2.32. The third-order valence-electron chi connectivity index (χ3n) is 4.86. The van der Waals surface area contributed by atoms with Gasteiger partial charge in [0.05, 0.1) is 0 Å². The summed E-state index contributed by atoms with van der Waals surface area (Å²) in [5.74, 6) is 1.57. The lowest BCUT2D eigenvalue weighted by atomic mass is 9.96. The molecule has 4 rings (SSSR count). The van der Waals surface area contributed by atoms with Crippen LogP contribution in [0, 0.1) is 0 Å². The average molecular weight is 380 g/mol. The van der Waals surface area contributed by atoms with Crippen LogP contribution in [0.4, 0.5) is 0 Å². The summed E-state index contributed by atoms with van der Waals surface area (Å²) in [5, 5.41) is 7.11. The van der Waals surface area contributed by atoms with E-state index in [2.05, 4.69) is 25.4 Å². The molecular formula is C20H24N6O2. The quantitative estimate of drug-likeness (QED) is 0.746. The molecule has 0 radical (unpaired) electrons. The summed E-state index contributed by atoms with van der Waals surface area (Å²) in [5.41, 5.74) is 0.953. The van der Waals surface area contributed by atoms with Crippen molar-refractivity contribution in [3.8, 4) is 17.3 Å². The second-order valence-corrected chi connectivity index (χ2v) is 8.20. The third-order valence-corrected chi connectivity index (χ3v) is 4.86. The third kappa shape index (κ3) is 3.81. The molecule has 0 unspecified atom stereocenters. The van der Waals surface area contributed by atoms with Gasteiger partial charge in [-0.1, -0.05) is 38.8 Å². The monoisotopic (exact) mass is 380 g/mol. The standard InChI is InChI=1S/C20H24N6O2/c1-20(2,3)19-24-18(28-25-19)13-8-9-21-16(10-13)26-11-15(22-12-26)17(27)23-14-6-4-5-7-14/h8-12,14H,4-7H2,1-3H3,(H,23,27). The van der Waals surface area contributed by atoms with Gasteiger partial charge in [0, 0.05) is 29.4 Å². The molecule has 1 aliphatic rings. The fraction of sp³-hybridized carbons (Fsp3) is 0.450. The first-order valence-electron chi connectivity index (χ1n) is 9.56. The minimum absolute atomic E-state index is 0.145. The number of aromatic nitrogens is 5. The Morgan fingerprint density at radius 1 is 1.25 bits per heavy atom. The molecule has 1 N–H and O–H groups in total. The number of imidazole rings is 1. The molecule has 3 aromatic rings. The fourth-order valence-electron chi connectivity index (χ4n) is 3.23. The van der Waals surface area contributed by atoms with Crippen molar-refractivity contribution >= 4 is 5.91 Å². The van der Waals surface area contributed by atoms with Crippen LogP contribution in [0.5, 0.6) is 0 Å². The van der Waals surface area contributed by atoms with Crippen molar-refractivity contribution in [1.29, 1.82) is 0 Å². The van der Waals surface area contributed by atoms with Crippen LogP contribution in [-0.4, -0.2) is 36.6 Å². The largest absolute Gasteiger partial charge is 0.348 e. The predicted octanol–water partition coefficient (Wildman–Crippen LogP) is 3.29. The Bertz CT molecular complexity index is 978. The maximum atomic E-state index is 12.4. The summed E-state index contributed by atoms with van der Waals surface area (Å²) in [7, 11) is 0. The van der Waals surface area contributed by atoms with Crippen LogP contribution in [0.25, 0.3) is 17.3 Å². The van der Waals surface area contributed by atoms with Gasteiger partial charge in [-0.25, -0.2) is 9.97 Å². The highest BCUT2D eigenvalue weighted by Gasteiger charge is 2.22. The summed E-state index contributed by atoms with van der Waals surface area (Å²) >= 11 is 0. The Hall–Kier alpha value is -3.03. The number of pyridine rings is 1. The molecule has 1 aliphatic carbocycles. The Morgan fingerprint density at radius 2 is 2.04 bits per heavy atom. The van der Waals surface area contributed by atoms with E-state index in [0.29, 0.717) is 23.2 Å². The van der Waals surface area contributed by atoms with Crippen LogP contribution >= 0.6 is 0 Å². The Morgan fingerprint density at radius 3 is 2.75 bits per heavy atom. The van der Waals surface area contributed by atoms with Crippen molar-refractivity contribution in [2.24, 2.45) is 0 Å². The van der Waals surface area contributed by atoms with E-state index in [4.69, 9.17) is 4.52 Å². The van der Waals surface area contributed by atoms with E-state index in [1.165, 1.54) is 12.8 Å². The molecule has 3 aromatic heterocycles. The van der Waals surface area contributed by atoms with Gasteiger partial charge in [0.25, 0.3) is 11.8 Å². The highest BCUT2D eigenvalue weighted by molar-refractivity contribution is 5.92. The van der Waals surface area contributed by atoms with Gasteiger partial charge in [0.2, 0.25) is 0 Å². The second kappa shape index (κ2) is 7.18. The summed E-state index contributed by atoms with van der Waals surface area (Å²) in [6.07, 6.45) is 9.36. The molecule has 0 aliphatic heterocycles. The van der Waals surface area contributed by atoms with Crippen molar-refractivity contribution in [2.45, 2.75) is 57.9 Å². The van der Waals surface area contributed by atoms with Crippen LogP contribution in [0.2, 0.25) is 0 Å². The number of carbonyl (C=O) groups excluding carboxylic acids is 1. The number of amides is 1. The van der Waals surface area contributed by atoms with Gasteiger partial charge < -0.3 is 9.84 Å². The first-order valence-corrected chi connectivity index (χ1v) is 9.56. The van der Waals surface area contributed by atoms with Gasteiger partial charge in [-0.2, -0.15) is 4.98 Å². The van der Waals surface area contributed by atoms with Crippen molar-refractivity contribution in [3.63, 3.8) is 0 Å². The predicted molar refractivity (Wildman–Crippen MR) is 103 cm³/mol. The molecule has 1 amide bonds. The van der Waals surface area contributed by atoms with E-state index in [1.807, 2.05) is 32.9 Å². The van der Waals surface area contributed by atoms with Crippen molar-refractivity contribution < 1.29 is 9.32 Å². The first-order chi connectivity index (χ1) is 13.4. The van der Waals surface area contributed by atoms with E-state index >= 15 is 0 Å². The normalized spacial score (nSPS) is 15.1. The van der Waals surface area contributed by atoms with Gasteiger partial charge >= 0.3 is 0 Å². The van der Waals surface area contributed by atoms with Gasteiger partial charge in [0.1, 0.15) is 17.8 Å². The molecule has 0 aromatic carbocycles. The minimum Gasteiger partial charge on any atom is -0.348 e. The molecule has 146 valence electrons. The van der Waals surface area contributed by atoms with E-state index in [1.54, 1.807) is 23.3 Å². The van der Waals surface area contributed by atoms with Gasteiger partial charge in [-0.15, -0.1) is 0 Å². The molecule has 0 saturated heterocycles. The van der Waals surface area contributed by atoms with Crippen LogP contribution in [0.1, 0.15) is 62.8 Å². The molecule has 0 atom stereocenters. The molecule has 1 saturated carbocycles. The van der Waals surface area contributed by atoms with E-state index in [9.17, 15) is 4.79 Å². The molecule has 8 heteroatoms. The maximum absolute atomic E-state index is 12.4. The summed E-state index contributed by atoms with van der Waals surface area (Å²) < 4.78 is 7.12. The Balaban J connectivity index is 1.54. The molecule has 0 bridgehead atoms. The molecule has 3 heterocycles. The number of hydrogen-bond acceptors (Lipinski definition) is 6. The highest BCUT2D eigenvalue weighted by Crippen LogP contribution is 2.24. The summed E-state index contributed by atoms with van der Waals surface area (Å²) in [4.78, 5) is 25.5. The van der Waals surface area contributed by atoms with Gasteiger partial charge in [-0.05, 0) is 25.0 Å². The molecule has 28 heavy (non-hydrogen) atoms. The smallest absolute Gasteiger partial charge is 0.271 e. The van der Waals surface area contributed by atoms with E-state index in [-0.39, 0.29) is 17.4 Å². The average Bonchev–Trinajstić information content (AvgIpc) is 3.41.